The molecule has 4 heteroatoms. The Hall–Kier alpha value is -0.160. The standard InChI is InChI=1S/C12H26N.2C6H13N.BrH/c1-2-3-4-5-6-7-8-9-10-11-12-13;2*1-2-3-4-5-6-7;/h13H,2-12H2,1H3;2*4-5H,2-3,6-7H2,1H3;1H/q-1;;;/p+1. The average molecular weight is 465 g/mol. The van der Waals surface area contributed by atoms with Crippen LogP contribution in [0.15, 0.2) is 24.3 Å². The van der Waals surface area contributed by atoms with Crippen molar-refractivity contribution in [1.29, 1.82) is 0 Å². The van der Waals surface area contributed by atoms with Gasteiger partial charge in [0.05, 0.1) is 13.1 Å². The molecular weight excluding hydrogens is 410 g/mol. The molecule has 0 atom stereocenters. The maximum absolute atomic E-state index is 7.00. The number of quaternary nitrogens is 2. The van der Waals surface area contributed by atoms with Crippen LogP contribution in [-0.4, -0.2) is 19.6 Å². The van der Waals surface area contributed by atoms with E-state index in [-0.39, 0.29) is 17.0 Å². The third-order valence-electron chi connectivity index (χ3n) is 4.11. The SMILES string of the molecule is CCCC=CC[NH3+].CCCC=CC[NH3+].CCCCCCCCCCCC[NH-].[Br-]. The molecule has 0 spiro atoms. The molecule has 0 saturated heterocycles. The van der Waals surface area contributed by atoms with Crippen molar-refractivity contribution in [3.63, 3.8) is 0 Å². The number of nitrogens with one attached hydrogen (secondary N) is 1. The van der Waals surface area contributed by atoms with Crippen LogP contribution in [0.1, 0.15) is 111 Å². The lowest BCUT2D eigenvalue weighted by Crippen LogP contribution is -3.00. The summed E-state index contributed by atoms with van der Waals surface area (Å²) in [6, 6.07) is 0. The molecule has 0 unspecified atom stereocenters. The highest BCUT2D eigenvalue weighted by atomic mass is 79.9. The van der Waals surface area contributed by atoms with E-state index < -0.39 is 0 Å². The second-order valence-electron chi connectivity index (χ2n) is 7.03. The molecule has 0 aliphatic rings. The maximum atomic E-state index is 7.00. The van der Waals surface area contributed by atoms with Crippen molar-refractivity contribution in [3.8, 4) is 0 Å². The van der Waals surface area contributed by atoms with Crippen LogP contribution in [0.2, 0.25) is 0 Å². The summed E-state index contributed by atoms with van der Waals surface area (Å²) in [6.45, 7) is 9.10. The lowest BCUT2D eigenvalue weighted by Gasteiger charge is -2.02. The Kier molecular flexibility index (Phi) is 52.0. The van der Waals surface area contributed by atoms with Crippen LogP contribution in [0.4, 0.5) is 0 Å². The van der Waals surface area contributed by atoms with Crippen LogP contribution < -0.4 is 28.4 Å². The Bertz CT molecular complexity index is 243. The maximum Gasteiger partial charge on any atom is 0.0926 e. The predicted octanol–water partition coefficient (Wildman–Crippen LogP) is 3.13. The van der Waals surface area contributed by atoms with E-state index in [0.29, 0.717) is 6.54 Å². The van der Waals surface area contributed by atoms with Gasteiger partial charge in [-0.1, -0.05) is 110 Å². The van der Waals surface area contributed by atoms with Gasteiger partial charge < -0.3 is 34.2 Å². The molecule has 7 N–H and O–H groups in total. The molecule has 0 rings (SSSR count). The summed E-state index contributed by atoms with van der Waals surface area (Å²) in [5.74, 6) is 0. The molecule has 0 radical (unpaired) electrons. The highest BCUT2D eigenvalue weighted by molar-refractivity contribution is 4.79. The molecule has 0 aliphatic carbocycles. The van der Waals surface area contributed by atoms with Gasteiger partial charge >= 0.3 is 0 Å². The van der Waals surface area contributed by atoms with Crippen LogP contribution >= 0.6 is 0 Å². The fraction of sp³-hybridized carbons (Fsp3) is 0.833. The van der Waals surface area contributed by atoms with E-state index >= 15 is 0 Å². The molecule has 0 amide bonds. The molecule has 28 heavy (non-hydrogen) atoms. The smallest absolute Gasteiger partial charge is 0.0926 e. The number of rotatable bonds is 16. The van der Waals surface area contributed by atoms with Crippen molar-refractivity contribution in [2.24, 2.45) is 0 Å². The van der Waals surface area contributed by atoms with Crippen LogP contribution in [0.5, 0.6) is 0 Å². The summed E-state index contributed by atoms with van der Waals surface area (Å²) >= 11 is 0. The minimum Gasteiger partial charge on any atom is -1.00 e. The highest BCUT2D eigenvalue weighted by Crippen LogP contribution is 2.10. The van der Waals surface area contributed by atoms with Gasteiger partial charge in [-0.05, 0) is 25.0 Å². The van der Waals surface area contributed by atoms with Crippen molar-refractivity contribution in [3.05, 3.63) is 30.0 Å². The summed E-state index contributed by atoms with van der Waals surface area (Å²) in [7, 11) is 0. The van der Waals surface area contributed by atoms with Gasteiger partial charge in [0, 0.05) is 0 Å². The van der Waals surface area contributed by atoms with Crippen molar-refractivity contribution in [1.82, 2.24) is 0 Å². The molecule has 0 aromatic rings. The van der Waals surface area contributed by atoms with Gasteiger partial charge in [0.1, 0.15) is 0 Å². The van der Waals surface area contributed by atoms with Crippen molar-refractivity contribution in [2.75, 3.05) is 19.6 Å². The predicted molar refractivity (Wildman–Crippen MR) is 125 cm³/mol. The first-order valence-corrected chi connectivity index (χ1v) is 11.8. The van der Waals surface area contributed by atoms with Gasteiger partial charge in [0.15, 0.2) is 0 Å². The molecule has 0 aromatic heterocycles. The molecule has 0 aromatic carbocycles. The normalized spacial score (nSPS) is 10.2. The monoisotopic (exact) mass is 463 g/mol. The number of allylic oxidation sites excluding steroid dienone is 2. The van der Waals surface area contributed by atoms with E-state index in [1.54, 1.807) is 0 Å². The molecule has 172 valence electrons. The van der Waals surface area contributed by atoms with E-state index in [4.69, 9.17) is 5.73 Å². The zero-order valence-corrected chi connectivity index (χ0v) is 21.2. The summed E-state index contributed by atoms with van der Waals surface area (Å²) in [4.78, 5) is 0. The van der Waals surface area contributed by atoms with Crippen LogP contribution in [0, 0.1) is 0 Å². The largest absolute Gasteiger partial charge is 1.00 e. The second-order valence-corrected chi connectivity index (χ2v) is 7.03. The quantitative estimate of drug-likeness (QED) is 0.260. The first-order valence-electron chi connectivity index (χ1n) is 11.8. The number of hydrogen-bond donors (Lipinski definition) is 2. The Morgan fingerprint density at radius 1 is 0.536 bits per heavy atom. The Balaban J connectivity index is -0.000000165. The highest BCUT2D eigenvalue weighted by Gasteiger charge is 1.90. The Morgan fingerprint density at radius 3 is 1.18 bits per heavy atom. The Labute approximate surface area is 188 Å². The van der Waals surface area contributed by atoms with Crippen LogP contribution in [0.25, 0.3) is 5.73 Å². The van der Waals surface area contributed by atoms with Crippen molar-refractivity contribution in [2.45, 2.75) is 111 Å². The van der Waals surface area contributed by atoms with Crippen molar-refractivity contribution >= 4 is 0 Å². The fourth-order valence-corrected chi connectivity index (χ4v) is 2.42. The molecule has 0 fully saturated rings. The first-order chi connectivity index (χ1) is 13.2. The van der Waals surface area contributed by atoms with E-state index in [1.807, 2.05) is 0 Å². The van der Waals surface area contributed by atoms with Crippen molar-refractivity contribution < 1.29 is 28.4 Å². The summed E-state index contributed by atoms with van der Waals surface area (Å²) in [5.41, 5.74) is 14.3. The van der Waals surface area contributed by atoms with E-state index in [1.165, 1.54) is 83.5 Å². The first kappa shape index (κ1) is 35.3. The second kappa shape index (κ2) is 41.3. The van der Waals surface area contributed by atoms with E-state index in [2.05, 4.69) is 56.5 Å². The van der Waals surface area contributed by atoms with Gasteiger partial charge in [-0.15, -0.1) is 0 Å². The minimum absolute atomic E-state index is 0. The number of hydrogen-bond acceptors (Lipinski definition) is 0. The molecule has 0 aliphatic heterocycles. The number of halogens is 1. The Morgan fingerprint density at radius 2 is 0.893 bits per heavy atom. The van der Waals surface area contributed by atoms with Gasteiger partial charge in [-0.3, -0.25) is 0 Å². The lowest BCUT2D eigenvalue weighted by molar-refractivity contribution is -0.353. The fourth-order valence-electron chi connectivity index (χ4n) is 2.42. The molecule has 0 saturated carbocycles. The topological polar surface area (TPSA) is 79.1 Å². The summed E-state index contributed by atoms with van der Waals surface area (Å²) in [5, 5.41) is 0. The summed E-state index contributed by atoms with van der Waals surface area (Å²) < 4.78 is 0. The minimum atomic E-state index is 0. The molecule has 0 heterocycles. The third-order valence-corrected chi connectivity index (χ3v) is 4.11. The molecular formula is C24H54BrN3. The van der Waals surface area contributed by atoms with Gasteiger partial charge in [0.2, 0.25) is 0 Å². The molecule has 0 bridgehead atoms. The van der Waals surface area contributed by atoms with Gasteiger partial charge in [-0.25, -0.2) is 0 Å². The third kappa shape index (κ3) is 50.1. The zero-order valence-electron chi connectivity index (χ0n) is 19.6. The number of unbranched alkanes of at least 4 members (excludes halogenated alkanes) is 11. The average Bonchev–Trinajstić information content (AvgIpc) is 2.69. The zero-order chi connectivity index (χ0) is 20.8. The van der Waals surface area contributed by atoms with Gasteiger partial charge in [0.25, 0.3) is 0 Å². The van der Waals surface area contributed by atoms with Gasteiger partial charge in [-0.2, -0.15) is 6.54 Å². The summed E-state index contributed by atoms with van der Waals surface area (Å²) in [6.07, 6.45) is 27.1. The molecule has 3 nitrogen and oxygen atoms in total. The van der Waals surface area contributed by atoms with Crippen LogP contribution in [0.3, 0.4) is 0 Å². The van der Waals surface area contributed by atoms with Crippen LogP contribution in [-0.2, 0) is 0 Å². The van der Waals surface area contributed by atoms with E-state index in [0.717, 1.165) is 19.5 Å². The van der Waals surface area contributed by atoms with E-state index in [9.17, 15) is 0 Å². The lowest BCUT2D eigenvalue weighted by atomic mass is 10.1.